The minimum absolute atomic E-state index is 0.646. The van der Waals surface area contributed by atoms with E-state index in [1.54, 1.807) is 0 Å². The van der Waals surface area contributed by atoms with Crippen molar-refractivity contribution in [2.24, 2.45) is 5.92 Å². The Kier molecular flexibility index (Phi) is 6.60. The van der Waals surface area contributed by atoms with Crippen molar-refractivity contribution in [3.05, 3.63) is 0 Å². The van der Waals surface area contributed by atoms with Gasteiger partial charge in [-0.05, 0) is 25.7 Å². The van der Waals surface area contributed by atoms with Crippen LogP contribution in [0.1, 0.15) is 25.7 Å². The summed E-state index contributed by atoms with van der Waals surface area (Å²) in [5.41, 5.74) is 0. The SMILES string of the molecule is ClCCCCCOCC1CCOC1. The van der Waals surface area contributed by atoms with E-state index in [9.17, 15) is 0 Å². The molecule has 1 atom stereocenters. The van der Waals surface area contributed by atoms with Crippen LogP contribution in [0.25, 0.3) is 0 Å². The normalized spacial score (nSPS) is 22.4. The molecule has 0 aromatic rings. The molecule has 0 aromatic carbocycles. The van der Waals surface area contributed by atoms with Crippen LogP contribution in [0.3, 0.4) is 0 Å². The van der Waals surface area contributed by atoms with Crippen LogP contribution in [0.4, 0.5) is 0 Å². The zero-order valence-corrected chi connectivity index (χ0v) is 8.89. The molecule has 13 heavy (non-hydrogen) atoms. The van der Waals surface area contributed by atoms with Crippen LogP contribution in [0.5, 0.6) is 0 Å². The minimum atomic E-state index is 0.646. The summed E-state index contributed by atoms with van der Waals surface area (Å²) in [6.07, 6.45) is 4.60. The molecule has 1 unspecified atom stereocenters. The Bertz CT molecular complexity index is 113. The summed E-state index contributed by atoms with van der Waals surface area (Å²) < 4.78 is 10.8. The van der Waals surface area contributed by atoms with E-state index in [2.05, 4.69) is 0 Å². The lowest BCUT2D eigenvalue weighted by atomic mass is 10.1. The molecule has 1 aliphatic rings. The van der Waals surface area contributed by atoms with Gasteiger partial charge in [-0.15, -0.1) is 11.6 Å². The van der Waals surface area contributed by atoms with E-state index in [1.165, 1.54) is 12.8 Å². The van der Waals surface area contributed by atoms with E-state index < -0.39 is 0 Å². The Balaban J connectivity index is 1.78. The Morgan fingerprint density at radius 3 is 2.92 bits per heavy atom. The predicted octanol–water partition coefficient (Wildman–Crippen LogP) is 2.45. The van der Waals surface area contributed by atoms with Gasteiger partial charge in [0.2, 0.25) is 0 Å². The van der Waals surface area contributed by atoms with E-state index in [1.807, 2.05) is 0 Å². The van der Waals surface area contributed by atoms with Crippen molar-refractivity contribution in [3.8, 4) is 0 Å². The predicted molar refractivity (Wildman–Crippen MR) is 54.3 cm³/mol. The second kappa shape index (κ2) is 7.60. The lowest BCUT2D eigenvalue weighted by molar-refractivity contribution is 0.0874. The molecule has 0 N–H and O–H groups in total. The van der Waals surface area contributed by atoms with Crippen LogP contribution in [0.15, 0.2) is 0 Å². The molecular weight excluding hydrogens is 188 g/mol. The molecule has 2 nitrogen and oxygen atoms in total. The van der Waals surface area contributed by atoms with E-state index in [4.69, 9.17) is 21.1 Å². The molecule has 0 spiro atoms. The van der Waals surface area contributed by atoms with Gasteiger partial charge in [0.15, 0.2) is 0 Å². The van der Waals surface area contributed by atoms with Crippen molar-refractivity contribution < 1.29 is 9.47 Å². The van der Waals surface area contributed by atoms with Crippen molar-refractivity contribution in [2.45, 2.75) is 25.7 Å². The molecule has 78 valence electrons. The van der Waals surface area contributed by atoms with Gasteiger partial charge in [-0.1, -0.05) is 0 Å². The van der Waals surface area contributed by atoms with Gasteiger partial charge in [-0.3, -0.25) is 0 Å². The lowest BCUT2D eigenvalue weighted by Crippen LogP contribution is -2.09. The summed E-state index contributed by atoms with van der Waals surface area (Å²) in [6.45, 7) is 3.57. The summed E-state index contributed by atoms with van der Waals surface area (Å²) in [5.74, 6) is 1.42. The van der Waals surface area contributed by atoms with Crippen molar-refractivity contribution >= 4 is 11.6 Å². The van der Waals surface area contributed by atoms with Crippen LogP contribution in [0.2, 0.25) is 0 Å². The van der Waals surface area contributed by atoms with Crippen molar-refractivity contribution in [1.82, 2.24) is 0 Å². The highest BCUT2D eigenvalue weighted by molar-refractivity contribution is 6.17. The number of ether oxygens (including phenoxy) is 2. The minimum Gasteiger partial charge on any atom is -0.381 e. The fraction of sp³-hybridized carbons (Fsp3) is 1.00. The lowest BCUT2D eigenvalue weighted by Gasteiger charge is -2.07. The Hall–Kier alpha value is 0.210. The zero-order chi connectivity index (χ0) is 9.36. The highest BCUT2D eigenvalue weighted by atomic mass is 35.5. The Morgan fingerprint density at radius 2 is 2.23 bits per heavy atom. The molecule has 0 amide bonds. The summed E-state index contributed by atoms with van der Waals surface area (Å²) in [6, 6.07) is 0. The second-order valence-electron chi connectivity index (χ2n) is 3.55. The maximum absolute atomic E-state index is 5.56. The van der Waals surface area contributed by atoms with Gasteiger partial charge in [-0.2, -0.15) is 0 Å². The van der Waals surface area contributed by atoms with Crippen molar-refractivity contribution in [2.75, 3.05) is 32.3 Å². The number of hydrogen-bond acceptors (Lipinski definition) is 2. The van der Waals surface area contributed by atoms with Gasteiger partial charge in [0.05, 0.1) is 13.2 Å². The molecule has 0 radical (unpaired) electrons. The smallest absolute Gasteiger partial charge is 0.0517 e. The van der Waals surface area contributed by atoms with Crippen molar-refractivity contribution in [3.63, 3.8) is 0 Å². The quantitative estimate of drug-likeness (QED) is 0.471. The number of alkyl halides is 1. The Morgan fingerprint density at radius 1 is 1.31 bits per heavy atom. The first kappa shape index (κ1) is 11.3. The van der Waals surface area contributed by atoms with E-state index in [-0.39, 0.29) is 0 Å². The number of hydrogen-bond donors (Lipinski definition) is 0. The third-order valence-corrected chi connectivity index (χ3v) is 2.57. The molecule has 0 aromatic heterocycles. The van der Waals surface area contributed by atoms with Gasteiger partial charge in [0.1, 0.15) is 0 Å². The van der Waals surface area contributed by atoms with E-state index in [0.717, 1.165) is 45.1 Å². The molecule has 0 bridgehead atoms. The maximum Gasteiger partial charge on any atom is 0.0517 e. The fourth-order valence-electron chi connectivity index (χ4n) is 1.44. The summed E-state index contributed by atoms with van der Waals surface area (Å²) in [7, 11) is 0. The standard InChI is InChI=1S/C10H19ClO2/c11-5-2-1-3-6-12-8-10-4-7-13-9-10/h10H,1-9H2. The van der Waals surface area contributed by atoms with Crippen LogP contribution >= 0.6 is 11.6 Å². The molecule has 1 rings (SSSR count). The largest absolute Gasteiger partial charge is 0.381 e. The van der Waals surface area contributed by atoms with Crippen LogP contribution in [0, 0.1) is 5.92 Å². The number of unbranched alkanes of at least 4 members (excludes halogenated alkanes) is 2. The van der Waals surface area contributed by atoms with Gasteiger partial charge in [-0.25, -0.2) is 0 Å². The molecule has 1 aliphatic heterocycles. The Labute approximate surface area is 85.5 Å². The first-order valence-electron chi connectivity index (χ1n) is 5.15. The van der Waals surface area contributed by atoms with E-state index in [0.29, 0.717) is 5.92 Å². The molecule has 3 heteroatoms. The highest BCUT2D eigenvalue weighted by Gasteiger charge is 2.14. The van der Waals surface area contributed by atoms with E-state index >= 15 is 0 Å². The van der Waals surface area contributed by atoms with Gasteiger partial charge in [0.25, 0.3) is 0 Å². The van der Waals surface area contributed by atoms with Crippen LogP contribution in [-0.2, 0) is 9.47 Å². The van der Waals surface area contributed by atoms with Gasteiger partial charge < -0.3 is 9.47 Å². The average Bonchev–Trinajstić information content (AvgIpc) is 2.63. The molecule has 1 heterocycles. The first-order valence-corrected chi connectivity index (χ1v) is 5.68. The molecule has 0 saturated carbocycles. The van der Waals surface area contributed by atoms with Gasteiger partial charge >= 0.3 is 0 Å². The van der Waals surface area contributed by atoms with Gasteiger partial charge in [0, 0.05) is 25.0 Å². The number of rotatable bonds is 7. The summed E-state index contributed by atoms with van der Waals surface area (Å²) >= 11 is 5.56. The number of halogens is 1. The third kappa shape index (κ3) is 5.50. The molecule has 1 fully saturated rings. The topological polar surface area (TPSA) is 18.5 Å². The zero-order valence-electron chi connectivity index (χ0n) is 8.14. The van der Waals surface area contributed by atoms with Crippen LogP contribution in [-0.4, -0.2) is 32.3 Å². The monoisotopic (exact) mass is 206 g/mol. The third-order valence-electron chi connectivity index (χ3n) is 2.30. The van der Waals surface area contributed by atoms with Crippen LogP contribution < -0.4 is 0 Å². The van der Waals surface area contributed by atoms with Crippen molar-refractivity contribution in [1.29, 1.82) is 0 Å². The molecular formula is C10H19ClO2. The second-order valence-corrected chi connectivity index (χ2v) is 3.93. The average molecular weight is 207 g/mol. The summed E-state index contributed by atoms with van der Waals surface area (Å²) in [5, 5.41) is 0. The fourth-order valence-corrected chi connectivity index (χ4v) is 1.63. The molecule has 0 aliphatic carbocycles. The highest BCUT2D eigenvalue weighted by Crippen LogP contribution is 2.12. The summed E-state index contributed by atoms with van der Waals surface area (Å²) in [4.78, 5) is 0. The molecule has 1 saturated heterocycles. The first-order chi connectivity index (χ1) is 6.43. The maximum atomic E-state index is 5.56.